The zero-order valence-electron chi connectivity index (χ0n) is 4.35. The molecule has 5 nitrogen and oxygen atoms in total. The maximum atomic E-state index is 8.12. The summed E-state index contributed by atoms with van der Waals surface area (Å²) in [5.74, 6) is -3.86. The van der Waals surface area contributed by atoms with Gasteiger partial charge < -0.3 is 20.4 Å². The molecule has 9 heavy (non-hydrogen) atoms. The monoisotopic (exact) mass is 157 g/mol. The van der Waals surface area contributed by atoms with Gasteiger partial charge in [0.15, 0.2) is 0 Å². The van der Waals surface area contributed by atoms with Crippen molar-refractivity contribution in [2.45, 2.75) is 5.91 Å². The van der Waals surface area contributed by atoms with Gasteiger partial charge in [-0.1, -0.05) is 0 Å². The molecule has 0 heterocycles. The molecule has 0 aromatic heterocycles. The van der Waals surface area contributed by atoms with Gasteiger partial charge >= 0.3 is 0 Å². The Morgan fingerprint density at radius 2 is 1.67 bits per heavy atom. The average Bonchev–Trinajstić information content (AvgIpc) is 1.21. The van der Waals surface area contributed by atoms with Gasteiger partial charge in [-0.2, -0.15) is 0 Å². The van der Waals surface area contributed by atoms with Crippen LogP contribution >= 0.6 is 12.4 Å². The summed E-state index contributed by atoms with van der Waals surface area (Å²) in [6.45, 7) is 0. The van der Waals surface area contributed by atoms with Gasteiger partial charge in [-0.3, -0.25) is 5.73 Å². The lowest BCUT2D eigenvalue weighted by Gasteiger charge is -2.07. The Bertz CT molecular complexity index is 103. The lowest BCUT2D eigenvalue weighted by molar-refractivity contribution is -0.116. The SMILES string of the molecule is Cl.NC(O)(O)C=C(O)O. The Kier molecular flexibility index (Phi) is 4.43. The standard InChI is InChI=1S/C3H7NO4.ClH/c4-3(7,8)1-2(5)6;/h1,5-8H,4H2;1H. The molecule has 0 saturated heterocycles. The van der Waals surface area contributed by atoms with Crippen LogP contribution in [0.25, 0.3) is 0 Å². The largest absolute Gasteiger partial charge is 0.481 e. The molecule has 0 aliphatic rings. The molecule has 0 saturated carbocycles. The van der Waals surface area contributed by atoms with Crippen molar-refractivity contribution in [3.05, 3.63) is 12.0 Å². The summed E-state index contributed by atoms with van der Waals surface area (Å²) in [4.78, 5) is 0. The van der Waals surface area contributed by atoms with E-state index in [4.69, 9.17) is 20.4 Å². The van der Waals surface area contributed by atoms with E-state index in [0.717, 1.165) is 0 Å². The number of nitrogens with two attached hydrogens (primary N) is 1. The molecule has 0 fully saturated rings. The van der Waals surface area contributed by atoms with Crippen molar-refractivity contribution in [3.8, 4) is 0 Å². The molecule has 6 N–H and O–H groups in total. The van der Waals surface area contributed by atoms with Crippen LogP contribution in [-0.2, 0) is 0 Å². The highest BCUT2D eigenvalue weighted by Gasteiger charge is 2.12. The topological polar surface area (TPSA) is 107 Å². The Morgan fingerprint density at radius 1 is 1.33 bits per heavy atom. The fourth-order valence-corrected chi connectivity index (χ4v) is 0.190. The summed E-state index contributed by atoms with van der Waals surface area (Å²) >= 11 is 0. The van der Waals surface area contributed by atoms with Crippen LogP contribution in [0.2, 0.25) is 0 Å². The van der Waals surface area contributed by atoms with Crippen LogP contribution in [-0.4, -0.2) is 26.3 Å². The third kappa shape index (κ3) is 11.2. The molecule has 0 bridgehead atoms. The number of rotatable bonds is 1. The third-order valence-corrected chi connectivity index (χ3v) is 0.342. The average molecular weight is 158 g/mol. The second kappa shape index (κ2) is 3.52. The van der Waals surface area contributed by atoms with Crippen molar-refractivity contribution >= 4 is 12.4 Å². The minimum absolute atomic E-state index is 0. The van der Waals surface area contributed by atoms with E-state index in [9.17, 15) is 0 Å². The van der Waals surface area contributed by atoms with Gasteiger partial charge in [0.2, 0.25) is 5.91 Å². The maximum absolute atomic E-state index is 8.12. The fraction of sp³-hybridized carbons (Fsp3) is 0.333. The number of halogens is 1. The lowest BCUT2D eigenvalue weighted by Crippen LogP contribution is -2.36. The summed E-state index contributed by atoms with van der Waals surface area (Å²) in [6, 6.07) is 0. The summed E-state index contributed by atoms with van der Waals surface area (Å²) in [6.07, 6.45) is 0.271. The first-order valence-corrected chi connectivity index (χ1v) is 1.76. The Balaban J connectivity index is 0. The highest BCUT2D eigenvalue weighted by atomic mass is 35.5. The van der Waals surface area contributed by atoms with Crippen molar-refractivity contribution in [3.63, 3.8) is 0 Å². The van der Waals surface area contributed by atoms with Crippen LogP contribution in [0.1, 0.15) is 0 Å². The van der Waals surface area contributed by atoms with Gasteiger partial charge in [-0.15, -0.1) is 12.4 Å². The first-order valence-electron chi connectivity index (χ1n) is 1.76. The van der Waals surface area contributed by atoms with Crippen LogP contribution in [0.4, 0.5) is 0 Å². The second-order valence-electron chi connectivity index (χ2n) is 1.29. The molecule has 0 unspecified atom stereocenters. The van der Waals surface area contributed by atoms with E-state index in [2.05, 4.69) is 5.73 Å². The molecule has 0 aliphatic heterocycles. The van der Waals surface area contributed by atoms with Crippen molar-refractivity contribution in [2.75, 3.05) is 0 Å². The predicted molar refractivity (Wildman–Crippen MR) is 31.9 cm³/mol. The summed E-state index contributed by atoms with van der Waals surface area (Å²) < 4.78 is 0. The minimum atomic E-state index is -2.64. The Labute approximate surface area is 57.4 Å². The summed E-state index contributed by atoms with van der Waals surface area (Å²) in [5, 5.41) is 32.1. The predicted octanol–water partition coefficient (Wildman–Crippen LogP) is -1.04. The van der Waals surface area contributed by atoms with Crippen LogP contribution in [0.3, 0.4) is 0 Å². The lowest BCUT2D eigenvalue weighted by atomic mass is 10.5. The first kappa shape index (κ1) is 11.3. The minimum Gasteiger partial charge on any atom is -0.481 e. The molecule has 0 rings (SSSR count). The van der Waals surface area contributed by atoms with E-state index in [-0.39, 0.29) is 18.5 Å². The molecule has 0 amide bonds. The van der Waals surface area contributed by atoms with Gasteiger partial charge in [-0.05, 0) is 0 Å². The van der Waals surface area contributed by atoms with E-state index < -0.39 is 11.9 Å². The molecular formula is C3H8ClNO4. The van der Waals surface area contributed by atoms with Crippen LogP contribution in [0, 0.1) is 0 Å². The maximum Gasteiger partial charge on any atom is 0.276 e. The van der Waals surface area contributed by atoms with Crippen LogP contribution in [0.5, 0.6) is 0 Å². The molecule has 0 atom stereocenters. The quantitative estimate of drug-likeness (QED) is 0.247. The number of aliphatic hydroxyl groups is 4. The Morgan fingerprint density at radius 3 is 1.67 bits per heavy atom. The number of hydrogen-bond donors (Lipinski definition) is 5. The second-order valence-corrected chi connectivity index (χ2v) is 1.29. The van der Waals surface area contributed by atoms with Gasteiger partial charge in [0.1, 0.15) is 0 Å². The molecule has 56 valence electrons. The van der Waals surface area contributed by atoms with Gasteiger partial charge in [0.05, 0.1) is 6.08 Å². The van der Waals surface area contributed by atoms with Crippen molar-refractivity contribution in [2.24, 2.45) is 5.73 Å². The van der Waals surface area contributed by atoms with Crippen LogP contribution < -0.4 is 5.73 Å². The summed E-state index contributed by atoms with van der Waals surface area (Å²) in [7, 11) is 0. The van der Waals surface area contributed by atoms with E-state index in [1.807, 2.05) is 0 Å². The summed E-state index contributed by atoms with van der Waals surface area (Å²) in [5.41, 5.74) is 4.45. The van der Waals surface area contributed by atoms with Gasteiger partial charge in [0, 0.05) is 0 Å². The third-order valence-electron chi connectivity index (χ3n) is 0.342. The van der Waals surface area contributed by atoms with E-state index >= 15 is 0 Å². The normalized spacial score (nSPS) is 9.67. The first-order chi connectivity index (χ1) is 3.42. The number of aliphatic hydroxyl groups excluding tert-OH is 1. The molecule has 6 heteroatoms. The molecular weight excluding hydrogens is 149 g/mol. The van der Waals surface area contributed by atoms with E-state index in [1.165, 1.54) is 0 Å². The number of hydrogen-bond acceptors (Lipinski definition) is 5. The van der Waals surface area contributed by atoms with E-state index in [1.54, 1.807) is 0 Å². The van der Waals surface area contributed by atoms with E-state index in [0.29, 0.717) is 0 Å². The molecule has 0 aromatic carbocycles. The highest BCUT2D eigenvalue weighted by molar-refractivity contribution is 5.85. The fourth-order valence-electron chi connectivity index (χ4n) is 0.190. The van der Waals surface area contributed by atoms with Crippen molar-refractivity contribution in [1.82, 2.24) is 0 Å². The highest BCUT2D eigenvalue weighted by Crippen LogP contribution is 1.91. The molecule has 0 aromatic rings. The zero-order chi connectivity index (χ0) is 6.78. The van der Waals surface area contributed by atoms with Crippen LogP contribution in [0.15, 0.2) is 12.0 Å². The smallest absolute Gasteiger partial charge is 0.276 e. The molecule has 0 radical (unpaired) electrons. The molecule has 0 spiro atoms. The van der Waals surface area contributed by atoms with Crippen molar-refractivity contribution < 1.29 is 20.4 Å². The van der Waals surface area contributed by atoms with Gasteiger partial charge in [-0.25, -0.2) is 0 Å². The van der Waals surface area contributed by atoms with Crippen molar-refractivity contribution in [1.29, 1.82) is 0 Å². The zero-order valence-corrected chi connectivity index (χ0v) is 5.17. The Hall–Kier alpha value is -0.490. The molecule has 0 aliphatic carbocycles. The van der Waals surface area contributed by atoms with Gasteiger partial charge in [0.25, 0.3) is 5.95 Å².